The standard InChI is InChI=1S/C23H26N2/c1-20(23-16-10-5-11-17-23)24(2)25(18-21-12-6-3-7-13-21)19-22-14-8-4-9-15-22/h3-17,20H,18-19H2,1-2H3. The van der Waals surface area contributed by atoms with Crippen molar-refractivity contribution in [3.63, 3.8) is 0 Å². The van der Waals surface area contributed by atoms with Crippen LogP contribution in [0.5, 0.6) is 0 Å². The van der Waals surface area contributed by atoms with E-state index < -0.39 is 0 Å². The minimum absolute atomic E-state index is 0.314. The van der Waals surface area contributed by atoms with Gasteiger partial charge in [-0.2, -0.15) is 0 Å². The Morgan fingerprint density at radius 3 is 1.48 bits per heavy atom. The van der Waals surface area contributed by atoms with Gasteiger partial charge in [0.1, 0.15) is 0 Å². The maximum Gasteiger partial charge on any atom is 0.0464 e. The van der Waals surface area contributed by atoms with Crippen molar-refractivity contribution < 1.29 is 0 Å². The van der Waals surface area contributed by atoms with Crippen LogP contribution in [0.1, 0.15) is 29.7 Å². The van der Waals surface area contributed by atoms with Gasteiger partial charge in [0.05, 0.1) is 0 Å². The van der Waals surface area contributed by atoms with Crippen LogP contribution in [0.3, 0.4) is 0 Å². The second-order valence-corrected chi connectivity index (χ2v) is 6.45. The fourth-order valence-electron chi connectivity index (χ4n) is 3.06. The highest BCUT2D eigenvalue weighted by molar-refractivity contribution is 5.19. The molecule has 3 aromatic rings. The van der Waals surface area contributed by atoms with Crippen molar-refractivity contribution in [2.75, 3.05) is 7.05 Å². The Kier molecular flexibility index (Phi) is 5.99. The zero-order chi connectivity index (χ0) is 17.5. The van der Waals surface area contributed by atoms with Gasteiger partial charge in [0.15, 0.2) is 0 Å². The molecule has 0 radical (unpaired) electrons. The highest BCUT2D eigenvalue weighted by atomic mass is 15.6. The van der Waals surface area contributed by atoms with Crippen LogP contribution in [-0.2, 0) is 13.1 Å². The molecule has 0 aliphatic heterocycles. The second kappa shape index (κ2) is 8.61. The second-order valence-electron chi connectivity index (χ2n) is 6.45. The molecule has 3 rings (SSSR count). The summed E-state index contributed by atoms with van der Waals surface area (Å²) >= 11 is 0. The fourth-order valence-corrected chi connectivity index (χ4v) is 3.06. The van der Waals surface area contributed by atoms with Crippen molar-refractivity contribution in [1.29, 1.82) is 0 Å². The molecule has 1 unspecified atom stereocenters. The van der Waals surface area contributed by atoms with Crippen molar-refractivity contribution in [3.8, 4) is 0 Å². The molecule has 0 fully saturated rings. The minimum Gasteiger partial charge on any atom is -0.237 e. The maximum absolute atomic E-state index is 2.42. The number of benzene rings is 3. The number of nitrogens with zero attached hydrogens (tertiary/aromatic N) is 2. The highest BCUT2D eigenvalue weighted by Crippen LogP contribution is 2.23. The SMILES string of the molecule is CC(c1ccccc1)N(C)N(Cc1ccccc1)Cc1ccccc1. The van der Waals surface area contributed by atoms with Crippen LogP contribution in [0.4, 0.5) is 0 Å². The van der Waals surface area contributed by atoms with Crippen LogP contribution in [0.25, 0.3) is 0 Å². The minimum atomic E-state index is 0.314. The number of hydrogen-bond acceptors (Lipinski definition) is 2. The Morgan fingerprint density at radius 1 is 0.640 bits per heavy atom. The molecule has 0 aliphatic rings. The largest absolute Gasteiger partial charge is 0.237 e. The van der Waals surface area contributed by atoms with Crippen molar-refractivity contribution >= 4 is 0 Å². The Hall–Kier alpha value is -2.42. The molecule has 0 spiro atoms. The van der Waals surface area contributed by atoms with Gasteiger partial charge >= 0.3 is 0 Å². The van der Waals surface area contributed by atoms with Crippen molar-refractivity contribution in [2.45, 2.75) is 26.1 Å². The van der Waals surface area contributed by atoms with Crippen LogP contribution in [0.2, 0.25) is 0 Å². The summed E-state index contributed by atoms with van der Waals surface area (Å²) in [4.78, 5) is 0. The molecule has 0 saturated heterocycles. The molecule has 128 valence electrons. The normalized spacial score (nSPS) is 12.5. The van der Waals surface area contributed by atoms with Crippen LogP contribution in [0, 0.1) is 0 Å². The van der Waals surface area contributed by atoms with Crippen molar-refractivity contribution in [2.24, 2.45) is 0 Å². The van der Waals surface area contributed by atoms with E-state index in [1.807, 2.05) is 0 Å². The molecule has 1 atom stereocenters. The van der Waals surface area contributed by atoms with Gasteiger partial charge in [-0.05, 0) is 23.6 Å². The predicted octanol–water partition coefficient (Wildman–Crippen LogP) is 5.30. The Labute approximate surface area is 151 Å². The summed E-state index contributed by atoms with van der Waals surface area (Å²) in [6, 6.07) is 32.3. The number of rotatable bonds is 7. The molecule has 0 aromatic heterocycles. The first kappa shape index (κ1) is 17.4. The monoisotopic (exact) mass is 330 g/mol. The van der Waals surface area contributed by atoms with E-state index >= 15 is 0 Å². The predicted molar refractivity (Wildman–Crippen MR) is 105 cm³/mol. The molecule has 0 heterocycles. The topological polar surface area (TPSA) is 6.48 Å². The van der Waals surface area contributed by atoms with Crippen LogP contribution < -0.4 is 0 Å². The Balaban J connectivity index is 1.81. The van der Waals surface area contributed by atoms with Gasteiger partial charge in [0.2, 0.25) is 0 Å². The molecule has 2 nitrogen and oxygen atoms in total. The lowest BCUT2D eigenvalue weighted by molar-refractivity contribution is -0.0490. The summed E-state index contributed by atoms with van der Waals surface area (Å²) in [7, 11) is 2.18. The summed E-state index contributed by atoms with van der Waals surface area (Å²) in [5.41, 5.74) is 3.98. The van der Waals surface area contributed by atoms with Gasteiger partial charge < -0.3 is 0 Å². The quantitative estimate of drug-likeness (QED) is 0.543. The molecule has 0 bridgehead atoms. The fraction of sp³-hybridized carbons (Fsp3) is 0.217. The van der Waals surface area contributed by atoms with Gasteiger partial charge in [-0.1, -0.05) is 91.0 Å². The Morgan fingerprint density at radius 2 is 1.04 bits per heavy atom. The van der Waals surface area contributed by atoms with E-state index in [-0.39, 0.29) is 0 Å². The summed E-state index contributed by atoms with van der Waals surface area (Å²) in [5, 5.41) is 4.78. The molecular formula is C23H26N2. The molecule has 0 aliphatic carbocycles. The Bertz CT molecular complexity index is 699. The van der Waals surface area contributed by atoms with Crippen molar-refractivity contribution in [1.82, 2.24) is 10.0 Å². The molecule has 0 saturated carbocycles. The van der Waals surface area contributed by atoms with Gasteiger partial charge in [-0.15, -0.1) is 0 Å². The van der Waals surface area contributed by atoms with Crippen molar-refractivity contribution in [3.05, 3.63) is 108 Å². The first-order valence-corrected chi connectivity index (χ1v) is 8.84. The van der Waals surface area contributed by atoms with Gasteiger partial charge in [0.25, 0.3) is 0 Å². The first-order valence-electron chi connectivity index (χ1n) is 8.84. The van der Waals surface area contributed by atoms with Gasteiger partial charge in [-0.25, -0.2) is 10.0 Å². The van der Waals surface area contributed by atoms with Gasteiger partial charge in [0, 0.05) is 26.2 Å². The van der Waals surface area contributed by atoms with Crippen LogP contribution >= 0.6 is 0 Å². The zero-order valence-corrected chi connectivity index (χ0v) is 15.0. The summed E-state index contributed by atoms with van der Waals surface area (Å²) in [5.74, 6) is 0. The van der Waals surface area contributed by atoms with Gasteiger partial charge in [-0.3, -0.25) is 0 Å². The molecular weight excluding hydrogens is 304 g/mol. The molecule has 3 aromatic carbocycles. The third-order valence-corrected chi connectivity index (χ3v) is 4.70. The van der Waals surface area contributed by atoms with E-state index in [0.717, 1.165) is 13.1 Å². The lowest BCUT2D eigenvalue weighted by atomic mass is 10.1. The number of hydrogen-bond donors (Lipinski definition) is 0. The molecule has 0 amide bonds. The summed E-state index contributed by atoms with van der Waals surface area (Å²) < 4.78 is 0. The first-order chi connectivity index (χ1) is 12.2. The van der Waals surface area contributed by atoms with E-state index in [4.69, 9.17) is 0 Å². The average Bonchev–Trinajstić information content (AvgIpc) is 2.68. The average molecular weight is 330 g/mol. The van der Waals surface area contributed by atoms with E-state index in [9.17, 15) is 0 Å². The maximum atomic E-state index is 2.42. The molecule has 0 N–H and O–H groups in total. The van der Waals surface area contributed by atoms with Crippen LogP contribution in [0.15, 0.2) is 91.0 Å². The third kappa shape index (κ3) is 4.79. The lowest BCUT2D eigenvalue weighted by Gasteiger charge is -2.37. The smallest absolute Gasteiger partial charge is 0.0464 e. The number of hydrazine groups is 1. The van der Waals surface area contributed by atoms with E-state index in [2.05, 4.69) is 115 Å². The van der Waals surface area contributed by atoms with E-state index in [1.54, 1.807) is 0 Å². The lowest BCUT2D eigenvalue weighted by Crippen LogP contribution is -2.40. The van der Waals surface area contributed by atoms with E-state index in [1.165, 1.54) is 16.7 Å². The highest BCUT2D eigenvalue weighted by Gasteiger charge is 2.19. The third-order valence-electron chi connectivity index (χ3n) is 4.70. The zero-order valence-electron chi connectivity index (χ0n) is 15.0. The van der Waals surface area contributed by atoms with Crippen LogP contribution in [-0.4, -0.2) is 17.1 Å². The summed E-state index contributed by atoms with van der Waals surface area (Å²) in [6.07, 6.45) is 0. The van der Waals surface area contributed by atoms with E-state index in [0.29, 0.717) is 6.04 Å². The summed E-state index contributed by atoms with van der Waals surface area (Å²) in [6.45, 7) is 4.05. The molecule has 2 heteroatoms. The molecule has 25 heavy (non-hydrogen) atoms.